The summed E-state index contributed by atoms with van der Waals surface area (Å²) in [5.41, 5.74) is 1.08. The van der Waals surface area contributed by atoms with Crippen molar-refractivity contribution in [3.63, 3.8) is 0 Å². The van der Waals surface area contributed by atoms with Gasteiger partial charge in [-0.3, -0.25) is 0 Å². The van der Waals surface area contributed by atoms with Crippen LogP contribution >= 0.6 is 28.5 Å². The molecule has 0 aliphatic rings. The van der Waals surface area contributed by atoms with Crippen LogP contribution in [0, 0.1) is 0 Å². The minimum absolute atomic E-state index is 0.483. The van der Waals surface area contributed by atoms with Gasteiger partial charge in [-0.2, -0.15) is 5.10 Å². The van der Waals surface area contributed by atoms with E-state index in [9.17, 15) is 0 Å². The minimum atomic E-state index is 0.483. The number of halogens is 1. The molecule has 0 aliphatic heterocycles. The number of rotatable bonds is 4. The van der Waals surface area contributed by atoms with Crippen molar-refractivity contribution in [2.24, 2.45) is 0 Å². The Morgan fingerprint density at radius 3 is 3.00 bits per heavy atom. The van der Waals surface area contributed by atoms with Gasteiger partial charge < -0.3 is 4.52 Å². The molecular weight excluding hydrogens is 324 g/mol. The van der Waals surface area contributed by atoms with Crippen LogP contribution in [-0.4, -0.2) is 14.8 Å². The lowest BCUT2D eigenvalue weighted by molar-refractivity contribution is 0.360. The lowest BCUT2D eigenvalue weighted by Gasteiger charge is -2.02. The van der Waals surface area contributed by atoms with Crippen LogP contribution in [0.3, 0.4) is 0 Å². The molecule has 0 radical (unpaired) electrons. The monoisotopic (exact) mass is 333 g/mol. The Bertz CT molecular complexity index is 404. The van der Waals surface area contributed by atoms with Crippen molar-refractivity contribution in [1.29, 1.82) is 0 Å². The van der Waals surface area contributed by atoms with E-state index in [2.05, 4.69) is 32.1 Å². The molecule has 0 fully saturated rings. The van der Waals surface area contributed by atoms with Crippen LogP contribution in [0.15, 0.2) is 36.8 Å². The van der Waals surface area contributed by atoms with E-state index < -0.39 is 0 Å². The van der Waals surface area contributed by atoms with Crippen molar-refractivity contribution in [3.8, 4) is 5.82 Å². The third kappa shape index (κ3) is 2.96. The van der Waals surface area contributed by atoms with Crippen molar-refractivity contribution in [1.82, 2.24) is 14.8 Å². The van der Waals surface area contributed by atoms with Gasteiger partial charge in [0, 0.05) is 18.6 Å². The van der Waals surface area contributed by atoms with E-state index in [1.54, 1.807) is 10.9 Å². The van der Waals surface area contributed by atoms with Crippen molar-refractivity contribution in [2.45, 2.75) is 6.61 Å². The van der Waals surface area contributed by atoms with E-state index in [0.29, 0.717) is 13.1 Å². The predicted octanol–water partition coefficient (Wildman–Crippen LogP) is 2.73. The lowest BCUT2D eigenvalue weighted by atomic mass is 10.3. The molecule has 0 aromatic carbocycles. The summed E-state index contributed by atoms with van der Waals surface area (Å²) in [5.74, 6) is 0.820. The molecule has 2 aromatic rings. The van der Waals surface area contributed by atoms with Crippen molar-refractivity contribution >= 4 is 28.5 Å². The Morgan fingerprint density at radius 1 is 1.47 bits per heavy atom. The fourth-order valence-electron chi connectivity index (χ4n) is 1.15. The van der Waals surface area contributed by atoms with Crippen LogP contribution in [0.5, 0.6) is 0 Å². The number of hydrogen-bond donors (Lipinski definition) is 0. The molecule has 0 bridgehead atoms. The van der Waals surface area contributed by atoms with Gasteiger partial charge in [0.2, 0.25) is 0 Å². The van der Waals surface area contributed by atoms with Gasteiger partial charge in [-0.25, -0.2) is 9.67 Å². The normalized spacial score (nSPS) is 11.3. The van der Waals surface area contributed by atoms with Gasteiger partial charge in [-0.05, 0) is 39.7 Å². The summed E-state index contributed by atoms with van der Waals surface area (Å²) in [6, 6.07) is 5.80. The summed E-state index contributed by atoms with van der Waals surface area (Å²) in [7, 11) is 0. The smallest absolute Gasteiger partial charge is 0.153 e. The van der Waals surface area contributed by atoms with Crippen LogP contribution in [0.25, 0.3) is 5.82 Å². The van der Waals surface area contributed by atoms with Gasteiger partial charge in [0.25, 0.3) is 0 Å². The Morgan fingerprint density at radius 2 is 2.40 bits per heavy atom. The summed E-state index contributed by atoms with van der Waals surface area (Å²) in [6.45, 7) is 1.10. The number of aromatic nitrogens is 3. The van der Waals surface area contributed by atoms with E-state index in [0.717, 1.165) is 11.4 Å². The molecule has 0 N–H and O–H groups in total. The third-order valence-corrected chi connectivity index (χ3v) is 3.03. The molecule has 0 saturated heterocycles. The lowest BCUT2D eigenvalue weighted by Crippen LogP contribution is -1.98. The van der Waals surface area contributed by atoms with Gasteiger partial charge in [0.1, 0.15) is 0 Å². The standard InChI is InChI=1S/C9H9IN3OP/c10-15-14-7-8-2-3-9(11-6-8)13-5-1-4-12-13/h1-6,15H,7H2. The first-order valence-corrected chi connectivity index (χ1v) is 8.35. The molecule has 1 atom stereocenters. The van der Waals surface area contributed by atoms with E-state index in [4.69, 9.17) is 4.52 Å². The molecule has 2 aromatic heterocycles. The van der Waals surface area contributed by atoms with Crippen LogP contribution in [0.4, 0.5) is 0 Å². The second kappa shape index (κ2) is 5.53. The fraction of sp³-hybridized carbons (Fsp3) is 0.111. The van der Waals surface area contributed by atoms with Gasteiger partial charge in [-0.15, -0.1) is 0 Å². The van der Waals surface area contributed by atoms with Crippen LogP contribution in [-0.2, 0) is 11.1 Å². The minimum Gasteiger partial charge on any atom is -0.347 e. The number of hydrogen-bond acceptors (Lipinski definition) is 3. The SMILES string of the molecule is IPOCc1ccc(-n2cccn2)nc1. The highest BCUT2D eigenvalue weighted by Crippen LogP contribution is 2.23. The zero-order valence-corrected chi connectivity index (χ0v) is 11.0. The summed E-state index contributed by atoms with van der Waals surface area (Å²) in [4.78, 5) is 4.30. The van der Waals surface area contributed by atoms with Gasteiger partial charge >= 0.3 is 0 Å². The summed E-state index contributed by atoms with van der Waals surface area (Å²) >= 11 is 2.20. The van der Waals surface area contributed by atoms with Crippen LogP contribution < -0.4 is 0 Å². The molecule has 4 nitrogen and oxygen atoms in total. The number of nitrogens with zero attached hydrogens (tertiary/aromatic N) is 3. The zero-order chi connectivity index (χ0) is 10.5. The number of pyridine rings is 1. The maximum atomic E-state index is 5.30. The van der Waals surface area contributed by atoms with Gasteiger partial charge in [0.15, 0.2) is 5.82 Å². The van der Waals surface area contributed by atoms with E-state index >= 15 is 0 Å². The molecule has 0 aliphatic carbocycles. The first kappa shape index (κ1) is 11.0. The molecule has 2 rings (SSSR count). The molecular formula is C9H9IN3OP. The highest BCUT2D eigenvalue weighted by molar-refractivity contribution is 14.2. The zero-order valence-electron chi connectivity index (χ0n) is 7.80. The second-order valence-electron chi connectivity index (χ2n) is 2.84. The average molecular weight is 333 g/mol. The van der Waals surface area contributed by atoms with Gasteiger partial charge in [0.05, 0.1) is 13.1 Å². The van der Waals surface area contributed by atoms with Crippen LogP contribution in [0.2, 0.25) is 0 Å². The van der Waals surface area contributed by atoms with Crippen molar-refractivity contribution in [3.05, 3.63) is 42.4 Å². The summed E-state index contributed by atoms with van der Waals surface area (Å²) < 4.78 is 7.03. The Hall–Kier alpha value is -0.520. The first-order chi connectivity index (χ1) is 7.40. The first-order valence-electron chi connectivity index (χ1n) is 4.32. The van der Waals surface area contributed by atoms with Crippen molar-refractivity contribution < 1.29 is 4.52 Å². The largest absolute Gasteiger partial charge is 0.347 e. The third-order valence-electron chi connectivity index (χ3n) is 1.84. The molecule has 6 heteroatoms. The second-order valence-corrected chi connectivity index (χ2v) is 4.61. The predicted molar refractivity (Wildman–Crippen MR) is 68.5 cm³/mol. The summed E-state index contributed by atoms with van der Waals surface area (Å²) in [5, 5.41) is 4.10. The topological polar surface area (TPSA) is 39.9 Å². The Balaban J connectivity index is 2.11. The molecule has 0 saturated carbocycles. The average Bonchev–Trinajstić information content (AvgIpc) is 2.80. The van der Waals surface area contributed by atoms with E-state index in [1.165, 1.54) is 0 Å². The Labute approximate surface area is 102 Å². The van der Waals surface area contributed by atoms with E-state index in [-0.39, 0.29) is 0 Å². The molecule has 1 unspecified atom stereocenters. The maximum absolute atomic E-state index is 5.30. The van der Waals surface area contributed by atoms with Gasteiger partial charge in [-0.1, -0.05) is 6.07 Å². The highest BCUT2D eigenvalue weighted by atomic mass is 127. The molecule has 0 amide bonds. The van der Waals surface area contributed by atoms with Crippen LogP contribution in [0.1, 0.15) is 5.56 Å². The molecule has 15 heavy (non-hydrogen) atoms. The molecule has 0 spiro atoms. The quantitative estimate of drug-likeness (QED) is 0.638. The fourth-order valence-corrected chi connectivity index (χ4v) is 1.84. The van der Waals surface area contributed by atoms with Crippen molar-refractivity contribution in [2.75, 3.05) is 0 Å². The highest BCUT2D eigenvalue weighted by Gasteiger charge is 1.98. The maximum Gasteiger partial charge on any atom is 0.153 e. The summed E-state index contributed by atoms with van der Waals surface area (Å²) in [6.07, 6.45) is 5.41. The molecule has 78 valence electrons. The van der Waals surface area contributed by atoms with E-state index in [1.807, 2.05) is 30.6 Å². The molecule has 2 heterocycles. The Kier molecular flexibility index (Phi) is 4.05.